The lowest BCUT2D eigenvalue weighted by molar-refractivity contribution is -0.137. The van der Waals surface area contributed by atoms with Crippen molar-refractivity contribution in [3.63, 3.8) is 0 Å². The first kappa shape index (κ1) is 19.7. The standard InChI is InChI=1S/C19H16F3N5S/c20-19(21,22)16-11-25-27(12-16)17-8-6-14(7-9-17)10-24-26-18(23)28-13-15-4-2-1-3-5-15/h1-12H,13H2,(H2,23,26). The van der Waals surface area contributed by atoms with E-state index in [1.54, 1.807) is 24.3 Å². The average Bonchev–Trinajstić information content (AvgIpc) is 3.18. The summed E-state index contributed by atoms with van der Waals surface area (Å²) in [5.41, 5.74) is 7.40. The smallest absolute Gasteiger partial charge is 0.377 e. The van der Waals surface area contributed by atoms with Gasteiger partial charge in [0.1, 0.15) is 0 Å². The molecule has 2 N–H and O–H groups in total. The van der Waals surface area contributed by atoms with Crippen LogP contribution in [-0.2, 0) is 11.9 Å². The Balaban J connectivity index is 1.58. The van der Waals surface area contributed by atoms with Gasteiger partial charge in [-0.05, 0) is 23.3 Å². The van der Waals surface area contributed by atoms with Gasteiger partial charge in [0.25, 0.3) is 0 Å². The third-order valence-corrected chi connectivity index (χ3v) is 4.52. The lowest BCUT2D eigenvalue weighted by Gasteiger charge is -2.02. The quantitative estimate of drug-likeness (QED) is 0.388. The Labute approximate surface area is 163 Å². The van der Waals surface area contributed by atoms with Crippen LogP contribution in [0.5, 0.6) is 0 Å². The summed E-state index contributed by atoms with van der Waals surface area (Å²) < 4.78 is 39.1. The number of hydrogen-bond acceptors (Lipinski definition) is 4. The van der Waals surface area contributed by atoms with Crippen molar-refractivity contribution in [1.29, 1.82) is 0 Å². The predicted molar refractivity (Wildman–Crippen MR) is 106 cm³/mol. The maximum Gasteiger partial charge on any atom is 0.419 e. The zero-order valence-electron chi connectivity index (χ0n) is 14.5. The van der Waals surface area contributed by atoms with Gasteiger partial charge in [-0.2, -0.15) is 23.4 Å². The van der Waals surface area contributed by atoms with Gasteiger partial charge in [0.15, 0.2) is 5.17 Å². The normalized spacial score (nSPS) is 12.6. The van der Waals surface area contributed by atoms with Crippen LogP contribution in [0.25, 0.3) is 5.69 Å². The highest BCUT2D eigenvalue weighted by Crippen LogP contribution is 2.29. The summed E-state index contributed by atoms with van der Waals surface area (Å²) in [6.45, 7) is 0. The number of aromatic nitrogens is 2. The third kappa shape index (κ3) is 5.46. The summed E-state index contributed by atoms with van der Waals surface area (Å²) in [5, 5.41) is 11.9. The summed E-state index contributed by atoms with van der Waals surface area (Å²) in [5.74, 6) is 0.699. The van der Waals surface area contributed by atoms with Gasteiger partial charge in [-0.15, -0.1) is 5.10 Å². The van der Waals surface area contributed by atoms with Crippen LogP contribution in [0, 0.1) is 0 Å². The molecule has 1 heterocycles. The summed E-state index contributed by atoms with van der Waals surface area (Å²) in [7, 11) is 0. The lowest BCUT2D eigenvalue weighted by Crippen LogP contribution is -2.06. The van der Waals surface area contributed by atoms with Crippen LogP contribution in [-0.4, -0.2) is 21.2 Å². The van der Waals surface area contributed by atoms with Crippen molar-refractivity contribution in [3.05, 3.63) is 83.7 Å². The molecule has 0 fully saturated rings. The van der Waals surface area contributed by atoms with Crippen LogP contribution in [0.1, 0.15) is 16.7 Å². The Hall–Kier alpha value is -3.07. The first-order valence-corrected chi connectivity index (χ1v) is 9.16. The summed E-state index contributed by atoms with van der Waals surface area (Å²) in [6, 6.07) is 16.6. The number of thioether (sulfide) groups is 1. The molecule has 0 saturated heterocycles. The zero-order chi connectivity index (χ0) is 20.0. The summed E-state index contributed by atoms with van der Waals surface area (Å²) in [4.78, 5) is 0. The second-order valence-electron chi connectivity index (χ2n) is 5.72. The molecule has 0 bridgehead atoms. The first-order chi connectivity index (χ1) is 13.4. The Morgan fingerprint density at radius 1 is 1.11 bits per heavy atom. The van der Waals surface area contributed by atoms with Crippen LogP contribution >= 0.6 is 11.8 Å². The van der Waals surface area contributed by atoms with Crippen molar-refractivity contribution in [2.45, 2.75) is 11.9 Å². The number of hydrogen-bond donors (Lipinski definition) is 1. The molecular weight excluding hydrogens is 387 g/mol. The van der Waals surface area contributed by atoms with E-state index in [1.807, 2.05) is 30.3 Å². The molecule has 3 rings (SSSR count). The molecule has 2 aromatic carbocycles. The number of amidine groups is 1. The van der Waals surface area contributed by atoms with Crippen molar-refractivity contribution in [3.8, 4) is 5.69 Å². The van der Waals surface area contributed by atoms with Crippen molar-refractivity contribution in [1.82, 2.24) is 9.78 Å². The van der Waals surface area contributed by atoms with E-state index in [1.165, 1.54) is 22.7 Å². The maximum absolute atomic E-state index is 12.6. The van der Waals surface area contributed by atoms with E-state index in [2.05, 4.69) is 15.3 Å². The number of halogens is 3. The monoisotopic (exact) mass is 403 g/mol. The van der Waals surface area contributed by atoms with Gasteiger partial charge in [-0.3, -0.25) is 0 Å². The maximum atomic E-state index is 12.6. The summed E-state index contributed by atoms with van der Waals surface area (Å²) in [6.07, 6.45) is -1.16. The minimum atomic E-state index is -4.42. The van der Waals surface area contributed by atoms with Gasteiger partial charge in [-0.1, -0.05) is 54.2 Å². The Kier molecular flexibility index (Phi) is 6.15. The van der Waals surface area contributed by atoms with E-state index < -0.39 is 11.7 Å². The summed E-state index contributed by atoms with van der Waals surface area (Å²) >= 11 is 1.38. The molecule has 28 heavy (non-hydrogen) atoms. The predicted octanol–water partition coefficient (Wildman–Crippen LogP) is 4.47. The van der Waals surface area contributed by atoms with Gasteiger partial charge in [0, 0.05) is 11.9 Å². The van der Waals surface area contributed by atoms with E-state index in [4.69, 9.17) is 5.73 Å². The third-order valence-electron chi connectivity index (χ3n) is 3.66. The van der Waals surface area contributed by atoms with Gasteiger partial charge in [0.05, 0.1) is 23.7 Å². The Morgan fingerprint density at radius 2 is 1.82 bits per heavy atom. The van der Waals surface area contributed by atoms with E-state index in [0.29, 0.717) is 16.6 Å². The molecule has 0 amide bonds. The van der Waals surface area contributed by atoms with Crippen molar-refractivity contribution in [2.24, 2.45) is 15.9 Å². The minimum Gasteiger partial charge on any atom is -0.377 e. The highest BCUT2D eigenvalue weighted by molar-refractivity contribution is 8.13. The second-order valence-corrected chi connectivity index (χ2v) is 6.72. The van der Waals surface area contributed by atoms with E-state index in [9.17, 15) is 13.2 Å². The molecule has 0 unspecified atom stereocenters. The SMILES string of the molecule is NC(=NN=Cc1ccc(-n2cc(C(F)(F)F)cn2)cc1)SCc1ccccc1. The molecule has 5 nitrogen and oxygen atoms in total. The van der Waals surface area contributed by atoms with Crippen LogP contribution < -0.4 is 5.73 Å². The van der Waals surface area contributed by atoms with Gasteiger partial charge < -0.3 is 5.73 Å². The lowest BCUT2D eigenvalue weighted by atomic mass is 10.2. The molecule has 0 atom stereocenters. The molecule has 1 aromatic heterocycles. The van der Waals surface area contributed by atoms with Crippen molar-refractivity contribution < 1.29 is 13.2 Å². The number of rotatable bonds is 5. The zero-order valence-corrected chi connectivity index (χ0v) is 15.4. The van der Waals surface area contributed by atoms with Crippen molar-refractivity contribution in [2.75, 3.05) is 0 Å². The molecule has 0 aliphatic heterocycles. The topological polar surface area (TPSA) is 68.6 Å². The van der Waals surface area contributed by atoms with Gasteiger partial charge in [-0.25, -0.2) is 4.68 Å². The fourth-order valence-electron chi connectivity index (χ4n) is 2.24. The molecular formula is C19H16F3N5S. The number of nitrogens with zero attached hydrogens (tertiary/aromatic N) is 4. The molecule has 144 valence electrons. The minimum absolute atomic E-state index is 0.341. The molecule has 0 radical (unpaired) electrons. The highest BCUT2D eigenvalue weighted by atomic mass is 32.2. The van der Waals surface area contributed by atoms with Crippen LogP contribution in [0.4, 0.5) is 13.2 Å². The Morgan fingerprint density at radius 3 is 2.46 bits per heavy atom. The molecule has 0 spiro atoms. The van der Waals surface area contributed by atoms with E-state index >= 15 is 0 Å². The van der Waals surface area contributed by atoms with Gasteiger partial charge >= 0.3 is 6.18 Å². The van der Waals surface area contributed by atoms with Crippen LogP contribution in [0.15, 0.2) is 77.2 Å². The van der Waals surface area contributed by atoms with Crippen molar-refractivity contribution >= 4 is 23.1 Å². The first-order valence-electron chi connectivity index (χ1n) is 8.17. The highest BCUT2D eigenvalue weighted by Gasteiger charge is 2.32. The number of alkyl halides is 3. The fourth-order valence-corrected chi connectivity index (χ4v) is 2.85. The second kappa shape index (κ2) is 8.75. The largest absolute Gasteiger partial charge is 0.419 e. The molecule has 0 saturated carbocycles. The number of nitrogens with two attached hydrogens (primary N) is 1. The molecule has 0 aliphatic carbocycles. The molecule has 9 heteroatoms. The van der Waals surface area contributed by atoms with E-state index in [-0.39, 0.29) is 0 Å². The van der Waals surface area contributed by atoms with E-state index in [0.717, 1.165) is 23.5 Å². The molecule has 0 aliphatic rings. The number of benzene rings is 2. The van der Waals surface area contributed by atoms with Crippen LogP contribution in [0.3, 0.4) is 0 Å². The molecule has 3 aromatic rings. The van der Waals surface area contributed by atoms with Crippen LogP contribution in [0.2, 0.25) is 0 Å². The fraction of sp³-hybridized carbons (Fsp3) is 0.105. The Bertz CT molecular complexity index is 963. The van der Waals surface area contributed by atoms with Gasteiger partial charge in [0.2, 0.25) is 0 Å². The average molecular weight is 403 g/mol.